The summed E-state index contributed by atoms with van der Waals surface area (Å²) in [4.78, 5) is 13.0. The highest BCUT2D eigenvalue weighted by Gasteiger charge is 2.21. The van der Waals surface area contributed by atoms with E-state index in [4.69, 9.17) is 11.6 Å². The van der Waals surface area contributed by atoms with E-state index < -0.39 is 34.7 Å². The molecule has 14 heavy (non-hydrogen) atoms. The van der Waals surface area contributed by atoms with Gasteiger partial charge in [0, 0.05) is 0 Å². The second-order valence-electron chi connectivity index (χ2n) is 2.27. The minimum absolute atomic E-state index is 0.291. The third-order valence-corrected chi connectivity index (χ3v) is 1.58. The number of hydrogen-bond donors (Lipinski definition) is 0. The first-order valence-electron chi connectivity index (χ1n) is 3.27. The van der Waals surface area contributed by atoms with Gasteiger partial charge in [-0.3, -0.25) is 4.79 Å². The van der Waals surface area contributed by atoms with Crippen molar-refractivity contribution in [3.05, 3.63) is 29.1 Å². The molecule has 1 aromatic heterocycles. The first-order chi connectivity index (χ1) is 6.43. The Balaban J connectivity index is 3.31. The predicted octanol–water partition coefficient (Wildman–Crippen LogP) is 2.68. The van der Waals surface area contributed by atoms with Crippen LogP contribution in [0.25, 0.3) is 0 Å². The van der Waals surface area contributed by atoms with Crippen molar-refractivity contribution in [3.8, 4) is 0 Å². The number of nitrogens with zero attached hydrogens (tertiary/aromatic N) is 1. The van der Waals surface area contributed by atoms with Gasteiger partial charge < -0.3 is 0 Å². The van der Waals surface area contributed by atoms with Gasteiger partial charge in [0.05, 0.1) is 5.56 Å². The van der Waals surface area contributed by atoms with Gasteiger partial charge in [0.2, 0.25) is 5.95 Å². The van der Waals surface area contributed by atoms with E-state index >= 15 is 0 Å². The van der Waals surface area contributed by atoms with E-state index in [9.17, 15) is 22.4 Å². The Morgan fingerprint density at radius 2 is 2.00 bits per heavy atom. The minimum atomic E-state index is -3.25. The third-order valence-electron chi connectivity index (χ3n) is 1.38. The number of carbonyl (C=O) groups is 1. The highest BCUT2D eigenvalue weighted by atomic mass is 35.5. The number of hydrogen-bond acceptors (Lipinski definition) is 2. The lowest BCUT2D eigenvalue weighted by atomic mass is 10.2. The van der Waals surface area contributed by atoms with Gasteiger partial charge in [0.15, 0.2) is 5.82 Å². The van der Waals surface area contributed by atoms with Gasteiger partial charge in [-0.15, -0.1) is 0 Å². The molecule has 0 aliphatic carbocycles. The predicted molar refractivity (Wildman–Crippen MR) is 39.3 cm³/mol. The van der Waals surface area contributed by atoms with Crippen LogP contribution in [0.1, 0.15) is 22.5 Å². The standard InChI is InChI=1S/C7H2ClF4NO/c8-5(14)2-1-3(9)4(6(10)11)13-7(2)12/h1,6H. The van der Waals surface area contributed by atoms with E-state index in [1.807, 2.05) is 0 Å². The lowest BCUT2D eigenvalue weighted by Gasteiger charge is -2.02. The van der Waals surface area contributed by atoms with Gasteiger partial charge in [-0.1, -0.05) is 0 Å². The molecular weight excluding hydrogens is 226 g/mol. The highest BCUT2D eigenvalue weighted by molar-refractivity contribution is 6.67. The maximum Gasteiger partial charge on any atom is 0.283 e. The molecule has 0 saturated heterocycles. The highest BCUT2D eigenvalue weighted by Crippen LogP contribution is 2.22. The maximum absolute atomic E-state index is 12.7. The van der Waals surface area contributed by atoms with Crippen LogP contribution in [0.3, 0.4) is 0 Å². The fourth-order valence-electron chi connectivity index (χ4n) is 0.770. The lowest BCUT2D eigenvalue weighted by Crippen LogP contribution is -2.05. The molecule has 0 amide bonds. The van der Waals surface area contributed by atoms with E-state index in [0.717, 1.165) is 0 Å². The molecule has 0 bridgehead atoms. The Hall–Kier alpha value is -1.17. The summed E-state index contributed by atoms with van der Waals surface area (Å²) in [5.41, 5.74) is -2.21. The zero-order valence-corrected chi connectivity index (χ0v) is 7.16. The largest absolute Gasteiger partial charge is 0.283 e. The molecular formula is C7H2ClF4NO. The van der Waals surface area contributed by atoms with Crippen LogP contribution in [0.2, 0.25) is 0 Å². The average Bonchev–Trinajstić information content (AvgIpc) is 2.07. The van der Waals surface area contributed by atoms with Crippen molar-refractivity contribution >= 4 is 16.8 Å². The Labute approximate surface area is 80.5 Å². The summed E-state index contributed by atoms with van der Waals surface area (Å²) < 4.78 is 49.4. The second kappa shape index (κ2) is 3.91. The van der Waals surface area contributed by atoms with Crippen LogP contribution in [0, 0.1) is 11.8 Å². The van der Waals surface area contributed by atoms with Crippen LogP contribution in [-0.4, -0.2) is 10.2 Å². The molecule has 1 aromatic rings. The molecule has 0 aliphatic heterocycles. The Morgan fingerprint density at radius 3 is 2.43 bits per heavy atom. The smallest absolute Gasteiger partial charge is 0.275 e. The van der Waals surface area contributed by atoms with Crippen LogP contribution in [0.5, 0.6) is 0 Å². The van der Waals surface area contributed by atoms with Crippen LogP contribution < -0.4 is 0 Å². The summed E-state index contributed by atoms with van der Waals surface area (Å²) in [5, 5.41) is -1.30. The zero-order valence-electron chi connectivity index (χ0n) is 6.40. The fourth-order valence-corrected chi connectivity index (χ4v) is 0.903. The van der Waals surface area contributed by atoms with E-state index in [1.54, 1.807) is 0 Å². The van der Waals surface area contributed by atoms with Crippen molar-refractivity contribution in [1.29, 1.82) is 0 Å². The molecule has 76 valence electrons. The lowest BCUT2D eigenvalue weighted by molar-refractivity contribution is 0.107. The first-order valence-corrected chi connectivity index (χ1v) is 3.65. The van der Waals surface area contributed by atoms with Crippen molar-refractivity contribution in [2.75, 3.05) is 0 Å². The molecule has 0 radical (unpaired) electrons. The van der Waals surface area contributed by atoms with E-state index in [-0.39, 0.29) is 0 Å². The maximum atomic E-state index is 12.7. The number of rotatable bonds is 2. The molecule has 2 nitrogen and oxygen atoms in total. The molecule has 0 unspecified atom stereocenters. The van der Waals surface area contributed by atoms with Crippen molar-refractivity contribution in [3.63, 3.8) is 0 Å². The van der Waals surface area contributed by atoms with Gasteiger partial charge in [-0.2, -0.15) is 4.39 Å². The Kier molecular flexibility index (Phi) is 3.05. The van der Waals surface area contributed by atoms with Crippen molar-refractivity contribution in [2.24, 2.45) is 0 Å². The summed E-state index contributed by atoms with van der Waals surface area (Å²) in [6.07, 6.45) is -3.25. The summed E-state index contributed by atoms with van der Waals surface area (Å²) in [5.74, 6) is -2.98. The molecule has 7 heteroatoms. The van der Waals surface area contributed by atoms with Crippen LogP contribution in [0.4, 0.5) is 17.6 Å². The summed E-state index contributed by atoms with van der Waals surface area (Å²) in [6.45, 7) is 0. The molecule has 1 heterocycles. The SMILES string of the molecule is O=C(Cl)c1cc(F)c(C(F)F)nc1F. The van der Waals surface area contributed by atoms with Gasteiger partial charge in [-0.05, 0) is 17.7 Å². The monoisotopic (exact) mass is 227 g/mol. The molecule has 0 N–H and O–H groups in total. The molecule has 0 spiro atoms. The number of halogens is 5. The molecule has 0 atom stereocenters. The average molecular weight is 228 g/mol. The number of carbonyl (C=O) groups excluding carboxylic acids is 1. The summed E-state index contributed by atoms with van der Waals surface area (Å²) >= 11 is 4.84. The number of alkyl halides is 2. The van der Waals surface area contributed by atoms with E-state index in [1.165, 1.54) is 0 Å². The molecule has 0 aromatic carbocycles. The van der Waals surface area contributed by atoms with Crippen LogP contribution >= 0.6 is 11.6 Å². The number of aromatic nitrogens is 1. The molecule has 0 fully saturated rings. The Bertz CT molecular complexity index is 382. The molecule has 0 saturated carbocycles. The van der Waals surface area contributed by atoms with Crippen molar-refractivity contribution < 1.29 is 22.4 Å². The normalized spacial score (nSPS) is 10.7. The summed E-state index contributed by atoms with van der Waals surface area (Å²) in [6, 6.07) is 0.291. The van der Waals surface area contributed by atoms with Gasteiger partial charge >= 0.3 is 0 Å². The number of pyridine rings is 1. The van der Waals surface area contributed by atoms with E-state index in [0.29, 0.717) is 6.07 Å². The molecule has 0 aliphatic rings. The van der Waals surface area contributed by atoms with Crippen LogP contribution in [-0.2, 0) is 0 Å². The first kappa shape index (κ1) is 10.9. The third kappa shape index (κ3) is 2.01. The van der Waals surface area contributed by atoms with Crippen LogP contribution in [0.15, 0.2) is 6.07 Å². The fraction of sp³-hybridized carbons (Fsp3) is 0.143. The topological polar surface area (TPSA) is 30.0 Å². The molecule has 1 rings (SSSR count). The summed E-state index contributed by atoms with van der Waals surface area (Å²) in [7, 11) is 0. The van der Waals surface area contributed by atoms with Gasteiger partial charge in [-0.25, -0.2) is 18.2 Å². The van der Waals surface area contributed by atoms with E-state index in [2.05, 4.69) is 4.98 Å². The van der Waals surface area contributed by atoms with Gasteiger partial charge in [0.1, 0.15) is 5.69 Å². The quantitative estimate of drug-likeness (QED) is 0.442. The zero-order chi connectivity index (χ0) is 10.9. The van der Waals surface area contributed by atoms with Crippen molar-refractivity contribution in [2.45, 2.75) is 6.43 Å². The Morgan fingerprint density at radius 1 is 1.43 bits per heavy atom. The van der Waals surface area contributed by atoms with Gasteiger partial charge in [0.25, 0.3) is 11.7 Å². The van der Waals surface area contributed by atoms with Crippen molar-refractivity contribution in [1.82, 2.24) is 4.98 Å². The second-order valence-corrected chi connectivity index (χ2v) is 2.61. The minimum Gasteiger partial charge on any atom is -0.275 e.